The molecule has 20 heavy (non-hydrogen) atoms. The number of benzene rings is 2. The Hall–Kier alpha value is -2.70. The molecule has 0 saturated heterocycles. The van der Waals surface area contributed by atoms with Gasteiger partial charge in [0, 0.05) is 17.7 Å². The highest BCUT2D eigenvalue weighted by molar-refractivity contribution is 5.66. The van der Waals surface area contributed by atoms with E-state index >= 15 is 0 Å². The van der Waals surface area contributed by atoms with Crippen molar-refractivity contribution in [2.24, 2.45) is 0 Å². The summed E-state index contributed by atoms with van der Waals surface area (Å²) < 4.78 is 31.4. The van der Waals surface area contributed by atoms with E-state index in [1.165, 1.54) is 24.3 Å². The molecule has 0 fully saturated rings. The lowest BCUT2D eigenvalue weighted by Crippen LogP contribution is -2.03. The molecule has 7 heteroatoms. The van der Waals surface area contributed by atoms with Gasteiger partial charge in [-0.1, -0.05) is 6.07 Å². The van der Waals surface area contributed by atoms with Gasteiger partial charge in [-0.15, -0.1) is 0 Å². The summed E-state index contributed by atoms with van der Waals surface area (Å²) in [5.74, 6) is -1.38. The third-order valence-electron chi connectivity index (χ3n) is 2.64. The lowest BCUT2D eigenvalue weighted by molar-refractivity contribution is -0.384. The van der Waals surface area contributed by atoms with Gasteiger partial charge in [0.05, 0.1) is 4.92 Å². The van der Waals surface area contributed by atoms with Crippen LogP contribution in [0.1, 0.15) is 5.56 Å². The number of nitro benzene ring substituents is 1. The Morgan fingerprint density at radius 3 is 2.65 bits per heavy atom. The quantitative estimate of drug-likeness (QED) is 0.530. The minimum atomic E-state index is -0.756. The molecule has 0 atom stereocenters. The van der Waals surface area contributed by atoms with Crippen molar-refractivity contribution in [1.82, 2.24) is 0 Å². The molecule has 0 spiro atoms. The van der Waals surface area contributed by atoms with Gasteiger partial charge in [-0.05, 0) is 18.2 Å². The lowest BCUT2D eigenvalue weighted by atomic mass is 10.2. The first-order chi connectivity index (χ1) is 9.49. The molecule has 0 saturated carbocycles. The molecule has 0 heterocycles. The third-order valence-corrected chi connectivity index (χ3v) is 2.64. The number of ether oxygens (including phenoxy) is 1. The van der Waals surface area contributed by atoms with E-state index in [1.54, 1.807) is 0 Å². The fourth-order valence-corrected chi connectivity index (χ4v) is 1.61. The number of nitrogens with zero attached hydrogens (tertiary/aromatic N) is 1. The van der Waals surface area contributed by atoms with Crippen molar-refractivity contribution in [3.63, 3.8) is 0 Å². The van der Waals surface area contributed by atoms with Crippen molar-refractivity contribution in [2.75, 3.05) is 5.73 Å². The topological polar surface area (TPSA) is 78.4 Å². The van der Waals surface area contributed by atoms with Gasteiger partial charge in [0.25, 0.3) is 5.69 Å². The molecule has 2 aromatic rings. The molecule has 0 aliphatic heterocycles. The van der Waals surface area contributed by atoms with E-state index in [-0.39, 0.29) is 29.3 Å². The molecule has 0 aliphatic carbocycles. The molecule has 0 aromatic heterocycles. The monoisotopic (exact) mass is 280 g/mol. The summed E-state index contributed by atoms with van der Waals surface area (Å²) in [5.41, 5.74) is 5.28. The van der Waals surface area contributed by atoms with Gasteiger partial charge in [0.2, 0.25) is 0 Å². The predicted molar refractivity (Wildman–Crippen MR) is 68.2 cm³/mol. The van der Waals surface area contributed by atoms with Crippen molar-refractivity contribution < 1.29 is 18.4 Å². The third kappa shape index (κ3) is 2.82. The SMILES string of the molecule is Nc1c(OCc2ccc(F)cc2F)cccc1[N+](=O)[O-]. The maximum Gasteiger partial charge on any atom is 0.295 e. The summed E-state index contributed by atoms with van der Waals surface area (Å²) in [4.78, 5) is 10.1. The Kier molecular flexibility index (Phi) is 3.79. The van der Waals surface area contributed by atoms with Crippen molar-refractivity contribution in [2.45, 2.75) is 6.61 Å². The van der Waals surface area contributed by atoms with E-state index in [4.69, 9.17) is 10.5 Å². The fraction of sp³-hybridized carbons (Fsp3) is 0.0769. The summed E-state index contributed by atoms with van der Waals surface area (Å²) in [6, 6.07) is 7.14. The average molecular weight is 280 g/mol. The zero-order chi connectivity index (χ0) is 14.7. The maximum absolute atomic E-state index is 13.4. The minimum Gasteiger partial charge on any atom is -0.486 e. The zero-order valence-electron chi connectivity index (χ0n) is 10.2. The van der Waals surface area contributed by atoms with Crippen LogP contribution >= 0.6 is 0 Å². The molecule has 0 aliphatic rings. The first-order valence-corrected chi connectivity index (χ1v) is 5.58. The molecule has 0 unspecified atom stereocenters. The Morgan fingerprint density at radius 1 is 1.25 bits per heavy atom. The highest BCUT2D eigenvalue weighted by Gasteiger charge is 2.15. The standard InChI is InChI=1S/C13H10F2N2O3/c14-9-5-4-8(10(15)6-9)7-20-12-3-1-2-11(13(12)16)17(18)19/h1-6H,7,16H2. The molecule has 0 radical (unpaired) electrons. The van der Waals surface area contributed by atoms with Gasteiger partial charge in [0.15, 0.2) is 5.69 Å². The van der Waals surface area contributed by atoms with Crippen LogP contribution in [-0.4, -0.2) is 4.92 Å². The molecule has 0 amide bonds. The summed E-state index contributed by atoms with van der Waals surface area (Å²) in [5, 5.41) is 10.7. The van der Waals surface area contributed by atoms with E-state index in [9.17, 15) is 18.9 Å². The Balaban J connectivity index is 2.19. The van der Waals surface area contributed by atoms with E-state index in [2.05, 4.69) is 0 Å². The summed E-state index contributed by atoms with van der Waals surface area (Å²) >= 11 is 0. The van der Waals surface area contributed by atoms with Crippen LogP contribution in [0.25, 0.3) is 0 Å². The van der Waals surface area contributed by atoms with Crippen LogP contribution in [0.15, 0.2) is 36.4 Å². The number of nitrogens with two attached hydrogens (primary N) is 1. The number of hydrogen-bond donors (Lipinski definition) is 1. The highest BCUT2D eigenvalue weighted by atomic mass is 19.1. The number of nitro groups is 1. The van der Waals surface area contributed by atoms with Gasteiger partial charge in [-0.2, -0.15) is 0 Å². The normalized spacial score (nSPS) is 10.3. The van der Waals surface area contributed by atoms with Gasteiger partial charge >= 0.3 is 0 Å². The second-order valence-electron chi connectivity index (χ2n) is 3.97. The van der Waals surface area contributed by atoms with Crippen LogP contribution < -0.4 is 10.5 Å². The molecular formula is C13H10F2N2O3. The summed E-state index contributed by atoms with van der Waals surface area (Å²) in [7, 11) is 0. The molecule has 2 N–H and O–H groups in total. The van der Waals surface area contributed by atoms with E-state index in [0.717, 1.165) is 12.1 Å². The van der Waals surface area contributed by atoms with Crippen LogP contribution in [0.4, 0.5) is 20.2 Å². The smallest absolute Gasteiger partial charge is 0.295 e. The summed E-state index contributed by atoms with van der Waals surface area (Å²) in [6.45, 7) is -0.211. The first kappa shape index (κ1) is 13.7. The number of anilines is 1. The van der Waals surface area contributed by atoms with Crippen molar-refractivity contribution >= 4 is 11.4 Å². The van der Waals surface area contributed by atoms with Crippen LogP contribution in [0.3, 0.4) is 0 Å². The van der Waals surface area contributed by atoms with Crippen LogP contribution in [0.2, 0.25) is 0 Å². The molecule has 104 valence electrons. The Bertz CT molecular complexity index is 662. The van der Waals surface area contributed by atoms with E-state index in [0.29, 0.717) is 0 Å². The largest absolute Gasteiger partial charge is 0.486 e. The number of nitrogen functional groups attached to an aromatic ring is 1. The first-order valence-electron chi connectivity index (χ1n) is 5.58. The van der Waals surface area contributed by atoms with Gasteiger partial charge < -0.3 is 10.5 Å². The maximum atomic E-state index is 13.4. The van der Waals surface area contributed by atoms with Gasteiger partial charge in [-0.25, -0.2) is 8.78 Å². The molecule has 0 bridgehead atoms. The summed E-state index contributed by atoms with van der Waals surface area (Å²) in [6.07, 6.45) is 0. The molecule has 2 rings (SSSR count). The van der Waals surface area contributed by atoms with Crippen molar-refractivity contribution in [1.29, 1.82) is 0 Å². The van der Waals surface area contributed by atoms with E-state index in [1.807, 2.05) is 0 Å². The predicted octanol–water partition coefficient (Wildman–Crippen LogP) is 3.03. The minimum absolute atomic E-state index is 0.0722. The van der Waals surface area contributed by atoms with E-state index < -0.39 is 16.6 Å². The number of hydrogen-bond acceptors (Lipinski definition) is 4. The lowest BCUT2D eigenvalue weighted by Gasteiger charge is -2.09. The Labute approximate surface area is 112 Å². The number of halogens is 2. The number of para-hydroxylation sites is 1. The highest BCUT2D eigenvalue weighted by Crippen LogP contribution is 2.31. The second-order valence-corrected chi connectivity index (χ2v) is 3.97. The fourth-order valence-electron chi connectivity index (χ4n) is 1.61. The molecule has 2 aromatic carbocycles. The van der Waals surface area contributed by atoms with Crippen molar-refractivity contribution in [3.8, 4) is 5.75 Å². The van der Waals surface area contributed by atoms with Gasteiger partial charge in [0.1, 0.15) is 24.0 Å². The van der Waals surface area contributed by atoms with Crippen LogP contribution in [0, 0.1) is 21.7 Å². The molecule has 5 nitrogen and oxygen atoms in total. The second kappa shape index (κ2) is 5.52. The zero-order valence-corrected chi connectivity index (χ0v) is 10.2. The molecular weight excluding hydrogens is 270 g/mol. The Morgan fingerprint density at radius 2 is 2.00 bits per heavy atom. The van der Waals surface area contributed by atoms with Crippen LogP contribution in [0.5, 0.6) is 5.75 Å². The van der Waals surface area contributed by atoms with Crippen LogP contribution in [-0.2, 0) is 6.61 Å². The van der Waals surface area contributed by atoms with Gasteiger partial charge in [-0.3, -0.25) is 10.1 Å². The number of rotatable bonds is 4. The van der Waals surface area contributed by atoms with Crippen molar-refractivity contribution in [3.05, 3.63) is 63.7 Å². The average Bonchev–Trinajstić information content (AvgIpc) is 2.39.